The molecule has 0 aliphatic rings. The Labute approximate surface area is 132 Å². The van der Waals surface area contributed by atoms with Crippen molar-refractivity contribution < 1.29 is 4.74 Å². The number of para-hydroxylation sites is 1. The number of methoxy groups -OCH3 is 1. The average Bonchev–Trinajstić information content (AvgIpc) is 2.55. The summed E-state index contributed by atoms with van der Waals surface area (Å²) in [5.74, 6) is 1.74. The highest BCUT2D eigenvalue weighted by atomic mass is 16.5. The predicted molar refractivity (Wildman–Crippen MR) is 91.1 cm³/mol. The Hall–Kier alpha value is -2.49. The number of hydrogen-bond acceptors (Lipinski definition) is 2. The van der Waals surface area contributed by atoms with Crippen LogP contribution >= 0.6 is 0 Å². The number of hydrogen-bond donors (Lipinski definition) is 1. The minimum absolute atomic E-state index is 0.660. The third-order valence-corrected chi connectivity index (χ3v) is 3.31. The predicted octanol–water partition coefficient (Wildman–Crippen LogP) is 2.90. The number of nitrogens with zero attached hydrogens (tertiary/aromatic N) is 2. The first kappa shape index (κ1) is 15.9. The Morgan fingerprint density at radius 1 is 1.05 bits per heavy atom. The van der Waals surface area contributed by atoms with Gasteiger partial charge in [-0.15, -0.1) is 0 Å². The van der Waals surface area contributed by atoms with Gasteiger partial charge in [0.05, 0.1) is 13.7 Å². The topological polar surface area (TPSA) is 36.9 Å². The number of aliphatic imine (C=N–C) groups is 1. The van der Waals surface area contributed by atoms with E-state index in [1.165, 1.54) is 5.56 Å². The van der Waals surface area contributed by atoms with Crippen molar-refractivity contribution in [3.05, 3.63) is 65.7 Å². The van der Waals surface area contributed by atoms with Crippen LogP contribution in [0.4, 0.5) is 0 Å². The summed E-state index contributed by atoms with van der Waals surface area (Å²) in [6, 6.07) is 18.2. The van der Waals surface area contributed by atoms with Gasteiger partial charge < -0.3 is 15.0 Å². The van der Waals surface area contributed by atoms with Crippen molar-refractivity contribution in [2.24, 2.45) is 4.99 Å². The molecule has 0 aliphatic carbocycles. The normalized spacial score (nSPS) is 11.1. The van der Waals surface area contributed by atoms with E-state index in [0.29, 0.717) is 13.1 Å². The van der Waals surface area contributed by atoms with Gasteiger partial charge in [0.2, 0.25) is 0 Å². The second-order valence-corrected chi connectivity index (χ2v) is 5.19. The molecule has 0 saturated heterocycles. The van der Waals surface area contributed by atoms with E-state index in [1.54, 1.807) is 7.11 Å². The van der Waals surface area contributed by atoms with E-state index in [9.17, 15) is 0 Å². The quantitative estimate of drug-likeness (QED) is 0.681. The molecule has 2 aromatic rings. The maximum absolute atomic E-state index is 5.37. The second kappa shape index (κ2) is 8.08. The molecule has 1 N–H and O–H groups in total. The summed E-state index contributed by atoms with van der Waals surface area (Å²) in [5.41, 5.74) is 2.31. The first-order valence-corrected chi connectivity index (χ1v) is 7.32. The minimum Gasteiger partial charge on any atom is -0.496 e. The lowest BCUT2D eigenvalue weighted by Gasteiger charge is -2.18. The van der Waals surface area contributed by atoms with E-state index in [2.05, 4.69) is 28.5 Å². The summed E-state index contributed by atoms with van der Waals surface area (Å²) in [6.07, 6.45) is 0. The molecule has 0 fully saturated rings. The molecule has 4 nitrogen and oxygen atoms in total. The number of guanidine groups is 1. The van der Waals surface area contributed by atoms with Crippen molar-refractivity contribution in [1.82, 2.24) is 10.2 Å². The Bertz CT molecular complexity index is 609. The summed E-state index contributed by atoms with van der Waals surface area (Å²) in [6.45, 7) is 1.34. The van der Waals surface area contributed by atoms with E-state index in [-0.39, 0.29) is 0 Å². The maximum Gasteiger partial charge on any atom is 0.194 e. The maximum atomic E-state index is 5.37. The lowest BCUT2D eigenvalue weighted by molar-refractivity contribution is 0.408. The zero-order valence-electron chi connectivity index (χ0n) is 13.4. The van der Waals surface area contributed by atoms with Gasteiger partial charge in [0, 0.05) is 26.2 Å². The lowest BCUT2D eigenvalue weighted by atomic mass is 10.2. The third-order valence-electron chi connectivity index (χ3n) is 3.31. The molecule has 2 rings (SSSR count). The summed E-state index contributed by atoms with van der Waals surface area (Å²) in [7, 11) is 5.66. The van der Waals surface area contributed by atoms with Crippen LogP contribution in [0.25, 0.3) is 0 Å². The number of nitrogens with one attached hydrogen (secondary N) is 1. The zero-order valence-corrected chi connectivity index (χ0v) is 13.4. The zero-order chi connectivity index (χ0) is 15.8. The first-order chi connectivity index (χ1) is 10.7. The lowest BCUT2D eigenvalue weighted by Crippen LogP contribution is -2.36. The van der Waals surface area contributed by atoms with Gasteiger partial charge in [0.15, 0.2) is 5.96 Å². The van der Waals surface area contributed by atoms with Crippen molar-refractivity contribution in [2.75, 3.05) is 21.2 Å². The Kier molecular flexibility index (Phi) is 5.83. The smallest absolute Gasteiger partial charge is 0.194 e. The van der Waals surface area contributed by atoms with Crippen LogP contribution in [0.5, 0.6) is 5.75 Å². The molecule has 0 amide bonds. The fourth-order valence-corrected chi connectivity index (χ4v) is 2.13. The summed E-state index contributed by atoms with van der Waals surface area (Å²) < 4.78 is 5.37. The molecule has 2 aromatic carbocycles. The average molecular weight is 297 g/mol. The molecule has 0 bridgehead atoms. The molecule has 0 aliphatic heterocycles. The van der Waals surface area contributed by atoms with Crippen molar-refractivity contribution >= 4 is 5.96 Å². The Morgan fingerprint density at radius 2 is 1.73 bits per heavy atom. The Balaban J connectivity index is 2.03. The molecule has 116 valence electrons. The fraction of sp³-hybridized carbons (Fsp3) is 0.278. The van der Waals surface area contributed by atoms with E-state index < -0.39 is 0 Å². The Morgan fingerprint density at radius 3 is 2.41 bits per heavy atom. The van der Waals surface area contributed by atoms with Crippen LogP contribution in [0.1, 0.15) is 11.1 Å². The van der Waals surface area contributed by atoms with E-state index in [4.69, 9.17) is 4.74 Å². The molecule has 0 heterocycles. The molecule has 0 unspecified atom stereocenters. The van der Waals surface area contributed by atoms with Crippen molar-refractivity contribution in [3.8, 4) is 5.75 Å². The number of ether oxygens (including phenoxy) is 1. The third kappa shape index (κ3) is 4.52. The molecular weight excluding hydrogens is 274 g/mol. The summed E-state index contributed by atoms with van der Waals surface area (Å²) >= 11 is 0. The molecule has 0 atom stereocenters. The first-order valence-electron chi connectivity index (χ1n) is 7.32. The minimum atomic E-state index is 0.660. The van der Waals surface area contributed by atoms with Crippen LogP contribution in [-0.2, 0) is 13.1 Å². The van der Waals surface area contributed by atoms with Gasteiger partial charge in [-0.2, -0.15) is 0 Å². The van der Waals surface area contributed by atoms with Gasteiger partial charge in [-0.05, 0) is 11.6 Å². The van der Waals surface area contributed by atoms with Crippen molar-refractivity contribution in [1.29, 1.82) is 0 Å². The highest BCUT2D eigenvalue weighted by Crippen LogP contribution is 2.16. The van der Waals surface area contributed by atoms with Crippen LogP contribution in [0.3, 0.4) is 0 Å². The largest absolute Gasteiger partial charge is 0.496 e. The molecule has 0 radical (unpaired) electrons. The molecule has 22 heavy (non-hydrogen) atoms. The van der Waals surface area contributed by atoms with Crippen molar-refractivity contribution in [2.45, 2.75) is 13.1 Å². The fourth-order valence-electron chi connectivity index (χ4n) is 2.13. The highest BCUT2D eigenvalue weighted by molar-refractivity contribution is 5.79. The second-order valence-electron chi connectivity index (χ2n) is 5.19. The van der Waals surface area contributed by atoms with Crippen LogP contribution in [0.2, 0.25) is 0 Å². The summed E-state index contributed by atoms with van der Waals surface area (Å²) in [4.78, 5) is 6.64. The molecule has 4 heteroatoms. The molecule has 0 saturated carbocycles. The van der Waals surface area contributed by atoms with Crippen LogP contribution in [0, 0.1) is 0 Å². The van der Waals surface area contributed by atoms with Gasteiger partial charge in [-0.25, -0.2) is 4.99 Å². The SMILES string of the molecule is COc1ccccc1CNC(=NCc1ccccc1)N(C)C. The molecule has 0 aromatic heterocycles. The molecule has 0 spiro atoms. The monoisotopic (exact) mass is 297 g/mol. The van der Waals surface area contributed by atoms with Crippen molar-refractivity contribution in [3.63, 3.8) is 0 Å². The highest BCUT2D eigenvalue weighted by Gasteiger charge is 2.05. The van der Waals surface area contributed by atoms with Gasteiger partial charge in [0.1, 0.15) is 5.75 Å². The standard InChI is InChI=1S/C18H23N3O/c1-21(2)18(19-13-15-9-5-4-6-10-15)20-14-16-11-7-8-12-17(16)22-3/h4-12H,13-14H2,1-3H3,(H,19,20). The number of benzene rings is 2. The van der Waals surface area contributed by atoms with E-state index >= 15 is 0 Å². The van der Waals surface area contributed by atoms with Crippen LogP contribution in [0.15, 0.2) is 59.6 Å². The number of rotatable bonds is 5. The van der Waals surface area contributed by atoms with E-state index in [0.717, 1.165) is 17.3 Å². The summed E-state index contributed by atoms with van der Waals surface area (Å²) in [5, 5.41) is 3.38. The van der Waals surface area contributed by atoms with Gasteiger partial charge in [0.25, 0.3) is 0 Å². The van der Waals surface area contributed by atoms with Gasteiger partial charge >= 0.3 is 0 Å². The van der Waals surface area contributed by atoms with Crippen LogP contribution < -0.4 is 10.1 Å². The van der Waals surface area contributed by atoms with Gasteiger partial charge in [-0.3, -0.25) is 0 Å². The molecular formula is C18H23N3O. The van der Waals surface area contributed by atoms with Gasteiger partial charge in [-0.1, -0.05) is 48.5 Å². The van der Waals surface area contributed by atoms with Crippen LogP contribution in [-0.4, -0.2) is 32.1 Å². The van der Waals surface area contributed by atoms with E-state index in [1.807, 2.05) is 55.4 Å².